The van der Waals surface area contributed by atoms with Crippen molar-refractivity contribution in [2.75, 3.05) is 6.61 Å². The van der Waals surface area contributed by atoms with Crippen molar-refractivity contribution in [3.63, 3.8) is 0 Å². The van der Waals surface area contributed by atoms with E-state index in [1.807, 2.05) is 36.4 Å². The molecule has 1 heterocycles. The molecule has 4 aromatic rings. The number of aryl methyl sites for hydroxylation is 1. The third-order valence-corrected chi connectivity index (χ3v) is 6.90. The molecule has 0 aliphatic heterocycles. The highest BCUT2D eigenvalue weighted by Gasteiger charge is 2.17. The molecule has 1 aromatic heterocycles. The van der Waals surface area contributed by atoms with Gasteiger partial charge in [0.05, 0.1) is 12.1 Å². The quantitative estimate of drug-likeness (QED) is 0.203. The van der Waals surface area contributed by atoms with E-state index < -0.39 is 6.16 Å². The summed E-state index contributed by atoms with van der Waals surface area (Å²) in [5.74, 6) is 1.78. The molecule has 2 N–H and O–H groups in total. The van der Waals surface area contributed by atoms with Gasteiger partial charge >= 0.3 is 6.16 Å². The van der Waals surface area contributed by atoms with Crippen molar-refractivity contribution in [1.29, 1.82) is 0 Å². The molecule has 35 heavy (non-hydrogen) atoms. The molecule has 180 valence electrons. The molecule has 0 spiro atoms. The van der Waals surface area contributed by atoms with Crippen molar-refractivity contribution in [2.24, 2.45) is 5.92 Å². The molecule has 5 nitrogen and oxygen atoms in total. The van der Waals surface area contributed by atoms with E-state index in [0.717, 1.165) is 45.0 Å². The van der Waals surface area contributed by atoms with Gasteiger partial charge in [0.25, 0.3) is 0 Å². The maximum absolute atomic E-state index is 11.4. The average molecular weight is 470 g/mol. The molecular weight excluding hydrogens is 438 g/mol. The van der Waals surface area contributed by atoms with Gasteiger partial charge in [0, 0.05) is 16.3 Å². The van der Waals surface area contributed by atoms with Crippen molar-refractivity contribution in [3.05, 3.63) is 77.9 Å². The van der Waals surface area contributed by atoms with Crippen LogP contribution >= 0.6 is 0 Å². The van der Waals surface area contributed by atoms with Crippen LogP contribution in [0.5, 0.6) is 11.6 Å². The number of aromatic amines is 1. The predicted molar refractivity (Wildman–Crippen MR) is 140 cm³/mol. The summed E-state index contributed by atoms with van der Waals surface area (Å²) < 4.78 is 11.3. The fourth-order valence-corrected chi connectivity index (χ4v) is 5.15. The fourth-order valence-electron chi connectivity index (χ4n) is 5.15. The van der Waals surface area contributed by atoms with Crippen LogP contribution in [0.15, 0.2) is 66.7 Å². The van der Waals surface area contributed by atoms with Gasteiger partial charge in [0.15, 0.2) is 0 Å². The smallest absolute Gasteiger partial charge is 0.493 e. The standard InChI is InChI=1S/C30H31NO4/c32-30(33)35-29-26(16-8-20-34-27-17-7-12-22-11-4-5-14-24(22)27)25-15-6-13-23(28(25)31-29)19-18-21-9-2-1-3-10-21/h4-7,11-15,17-19,21,31H,1-3,8-10,16,20H2,(H,32,33)/b19-18+. The Hall–Kier alpha value is -3.73. The SMILES string of the molecule is O=C(O)Oc1[nH]c2c(/C=C/C3CCCCC3)cccc2c1CCCOc1cccc2ccccc12. The summed E-state index contributed by atoms with van der Waals surface area (Å²) in [6.45, 7) is 0.522. The van der Waals surface area contributed by atoms with Gasteiger partial charge in [-0.05, 0) is 48.6 Å². The third-order valence-electron chi connectivity index (χ3n) is 6.90. The first-order chi connectivity index (χ1) is 17.2. The van der Waals surface area contributed by atoms with Gasteiger partial charge in [-0.15, -0.1) is 0 Å². The van der Waals surface area contributed by atoms with Gasteiger partial charge in [0.1, 0.15) is 5.75 Å². The number of H-pyrrole nitrogens is 1. The van der Waals surface area contributed by atoms with Gasteiger partial charge in [-0.2, -0.15) is 0 Å². The van der Waals surface area contributed by atoms with Crippen LogP contribution in [0.3, 0.4) is 0 Å². The van der Waals surface area contributed by atoms with Crippen LogP contribution in [0.1, 0.15) is 49.7 Å². The maximum Gasteiger partial charge on any atom is 0.512 e. The number of ether oxygens (including phenoxy) is 2. The summed E-state index contributed by atoms with van der Waals surface area (Å²) in [5, 5.41) is 12.5. The molecule has 0 unspecified atom stereocenters. The zero-order chi connectivity index (χ0) is 24.0. The molecule has 1 fully saturated rings. The second-order valence-electron chi connectivity index (χ2n) is 9.26. The number of rotatable bonds is 8. The summed E-state index contributed by atoms with van der Waals surface area (Å²) in [5.41, 5.74) is 2.85. The molecule has 0 bridgehead atoms. The maximum atomic E-state index is 11.4. The fraction of sp³-hybridized carbons (Fsp3) is 0.300. The Morgan fingerprint density at radius 1 is 0.971 bits per heavy atom. The molecule has 0 amide bonds. The molecule has 5 heteroatoms. The first kappa shape index (κ1) is 23.0. The van der Waals surface area contributed by atoms with Crippen LogP contribution in [-0.2, 0) is 6.42 Å². The molecule has 1 saturated carbocycles. The number of benzene rings is 3. The molecule has 0 saturated heterocycles. The first-order valence-electron chi connectivity index (χ1n) is 12.5. The molecule has 0 atom stereocenters. The minimum Gasteiger partial charge on any atom is -0.493 e. The highest BCUT2D eigenvalue weighted by molar-refractivity contribution is 5.93. The predicted octanol–water partition coefficient (Wildman–Crippen LogP) is 7.98. The summed E-state index contributed by atoms with van der Waals surface area (Å²) in [6, 6.07) is 20.3. The van der Waals surface area contributed by atoms with Gasteiger partial charge in [-0.1, -0.05) is 86.0 Å². The van der Waals surface area contributed by atoms with Crippen molar-refractivity contribution in [1.82, 2.24) is 4.98 Å². The number of fused-ring (bicyclic) bond motifs is 2. The normalized spacial score (nSPS) is 14.6. The van der Waals surface area contributed by atoms with Gasteiger partial charge < -0.3 is 19.6 Å². The Kier molecular flexibility index (Phi) is 7.03. The van der Waals surface area contributed by atoms with E-state index in [1.165, 1.54) is 32.1 Å². The zero-order valence-corrected chi connectivity index (χ0v) is 19.8. The molecule has 1 aliphatic rings. The van der Waals surface area contributed by atoms with Crippen LogP contribution in [0.4, 0.5) is 4.79 Å². The number of hydrogen-bond acceptors (Lipinski definition) is 3. The van der Waals surface area contributed by atoms with Crippen LogP contribution in [0.2, 0.25) is 0 Å². The van der Waals surface area contributed by atoms with Gasteiger partial charge in [-0.25, -0.2) is 4.79 Å². The molecule has 3 aromatic carbocycles. The molecule has 0 radical (unpaired) electrons. The largest absolute Gasteiger partial charge is 0.512 e. The third kappa shape index (κ3) is 5.35. The monoisotopic (exact) mass is 469 g/mol. The first-order valence-corrected chi connectivity index (χ1v) is 12.5. The van der Waals surface area contributed by atoms with E-state index in [9.17, 15) is 9.90 Å². The number of carboxylic acid groups (broad SMARTS) is 1. The van der Waals surface area contributed by atoms with E-state index in [2.05, 4.69) is 41.4 Å². The van der Waals surface area contributed by atoms with E-state index in [0.29, 0.717) is 24.8 Å². The van der Waals surface area contributed by atoms with Crippen LogP contribution < -0.4 is 9.47 Å². The molecular formula is C30H31NO4. The number of para-hydroxylation sites is 1. The van der Waals surface area contributed by atoms with E-state index >= 15 is 0 Å². The second-order valence-corrected chi connectivity index (χ2v) is 9.26. The van der Waals surface area contributed by atoms with Crippen molar-refractivity contribution < 1.29 is 19.4 Å². The Morgan fingerprint density at radius 3 is 2.60 bits per heavy atom. The number of hydrogen-bond donors (Lipinski definition) is 2. The van der Waals surface area contributed by atoms with Gasteiger partial charge in [-0.3, -0.25) is 0 Å². The average Bonchev–Trinajstić information content (AvgIpc) is 3.23. The Labute approximate surface area is 205 Å². The highest BCUT2D eigenvalue weighted by atomic mass is 16.7. The lowest BCUT2D eigenvalue weighted by Crippen LogP contribution is -2.06. The number of nitrogens with one attached hydrogen (secondary N) is 1. The molecule has 5 rings (SSSR count). The van der Waals surface area contributed by atoms with Crippen LogP contribution in [0, 0.1) is 5.92 Å². The minimum atomic E-state index is -1.32. The Morgan fingerprint density at radius 2 is 1.74 bits per heavy atom. The zero-order valence-electron chi connectivity index (χ0n) is 19.8. The summed E-state index contributed by atoms with van der Waals surface area (Å²) in [6.07, 6.45) is 10.9. The lowest BCUT2D eigenvalue weighted by molar-refractivity contribution is 0.142. The molecule has 1 aliphatic carbocycles. The lowest BCUT2D eigenvalue weighted by Gasteiger charge is -2.17. The Bertz CT molecular complexity index is 1340. The highest BCUT2D eigenvalue weighted by Crippen LogP contribution is 2.33. The van der Waals surface area contributed by atoms with E-state index in [1.54, 1.807) is 0 Å². The second kappa shape index (κ2) is 10.7. The van der Waals surface area contributed by atoms with Crippen LogP contribution in [-0.4, -0.2) is 22.9 Å². The van der Waals surface area contributed by atoms with E-state index in [-0.39, 0.29) is 0 Å². The topological polar surface area (TPSA) is 71.5 Å². The minimum absolute atomic E-state index is 0.302. The van der Waals surface area contributed by atoms with E-state index in [4.69, 9.17) is 9.47 Å². The summed E-state index contributed by atoms with van der Waals surface area (Å²) in [4.78, 5) is 14.6. The van der Waals surface area contributed by atoms with Crippen LogP contribution in [0.25, 0.3) is 27.8 Å². The summed E-state index contributed by atoms with van der Waals surface area (Å²) >= 11 is 0. The summed E-state index contributed by atoms with van der Waals surface area (Å²) in [7, 11) is 0. The Balaban J connectivity index is 1.34. The van der Waals surface area contributed by atoms with Crippen molar-refractivity contribution in [2.45, 2.75) is 44.9 Å². The number of aromatic nitrogens is 1. The van der Waals surface area contributed by atoms with Gasteiger partial charge in [0.2, 0.25) is 5.88 Å². The number of carbonyl (C=O) groups is 1. The lowest BCUT2D eigenvalue weighted by atomic mass is 9.88. The van der Waals surface area contributed by atoms with Crippen molar-refractivity contribution in [3.8, 4) is 11.6 Å². The number of allylic oxidation sites excluding steroid dienone is 1. The van der Waals surface area contributed by atoms with Crippen molar-refractivity contribution >= 4 is 33.9 Å².